The monoisotopic (exact) mass is 658 g/mol. The lowest BCUT2D eigenvalue weighted by Gasteiger charge is -2.48. The molecule has 2 unspecified atom stereocenters. The molecule has 2 aliphatic heterocycles. The van der Waals surface area contributed by atoms with Gasteiger partial charge in [-0.2, -0.15) is 0 Å². The summed E-state index contributed by atoms with van der Waals surface area (Å²) in [6.45, 7) is 8.77. The van der Waals surface area contributed by atoms with E-state index in [0.717, 1.165) is 36.8 Å². The van der Waals surface area contributed by atoms with Crippen molar-refractivity contribution in [3.05, 3.63) is 40.1 Å². The smallest absolute Gasteiger partial charge is 0.379 e. The number of carbonyl (C=O) groups is 1. The molecule has 1 amide bonds. The number of amides is 1. The van der Waals surface area contributed by atoms with Crippen molar-refractivity contribution in [2.45, 2.75) is 71.5 Å². The Hall–Kier alpha value is -4.21. The number of piperazine rings is 1. The van der Waals surface area contributed by atoms with Crippen molar-refractivity contribution < 1.29 is 14.1 Å². The summed E-state index contributed by atoms with van der Waals surface area (Å²) >= 11 is 6.44. The second-order valence-corrected chi connectivity index (χ2v) is 14.0. The molecule has 1 N–H and O–H groups in total. The molecule has 0 radical (unpaired) electrons. The molecule has 1 aliphatic carbocycles. The summed E-state index contributed by atoms with van der Waals surface area (Å²) in [6, 6.07) is 3.09. The van der Waals surface area contributed by atoms with Gasteiger partial charge in [0.25, 0.3) is 0 Å². The van der Waals surface area contributed by atoms with Crippen molar-refractivity contribution in [2.75, 3.05) is 31.2 Å². The molecule has 6 heterocycles. The molecule has 47 heavy (non-hydrogen) atoms. The van der Waals surface area contributed by atoms with Crippen LogP contribution in [0.3, 0.4) is 0 Å². The molecular weight excluding hydrogens is 620 g/mol. The first-order valence-corrected chi connectivity index (χ1v) is 16.8. The van der Waals surface area contributed by atoms with Crippen LogP contribution in [0, 0.1) is 29.6 Å². The molecule has 4 aromatic rings. The predicted octanol–water partition coefficient (Wildman–Crippen LogP) is 4.78. The van der Waals surface area contributed by atoms with E-state index < -0.39 is 17.2 Å². The maximum absolute atomic E-state index is 13.6. The van der Waals surface area contributed by atoms with Crippen LogP contribution < -0.4 is 10.7 Å². The predicted molar refractivity (Wildman–Crippen MR) is 178 cm³/mol. The van der Waals surface area contributed by atoms with Gasteiger partial charge in [0.1, 0.15) is 11.7 Å². The molecule has 2 atom stereocenters. The maximum atomic E-state index is 13.6. The van der Waals surface area contributed by atoms with Gasteiger partial charge in [-0.3, -0.25) is 19.3 Å². The first-order valence-electron chi connectivity index (χ1n) is 16.4. The number of hydrogen-bond donors (Lipinski definition) is 1. The molecule has 13 heteroatoms. The number of imidazole rings is 1. The van der Waals surface area contributed by atoms with Crippen molar-refractivity contribution >= 4 is 34.5 Å². The van der Waals surface area contributed by atoms with Gasteiger partial charge in [-0.15, -0.1) is 6.42 Å². The fourth-order valence-corrected chi connectivity index (χ4v) is 7.61. The number of aromatic nitrogens is 6. The highest BCUT2D eigenvalue weighted by Crippen LogP contribution is 2.39. The third-order valence-corrected chi connectivity index (χ3v) is 10.3. The number of pyridine rings is 2. The Morgan fingerprint density at radius 3 is 2.55 bits per heavy atom. The Morgan fingerprint density at radius 1 is 1.15 bits per heavy atom. The summed E-state index contributed by atoms with van der Waals surface area (Å²) in [6.07, 6.45) is 15.4. The van der Waals surface area contributed by atoms with Gasteiger partial charge >= 0.3 is 5.76 Å². The fraction of sp³-hybridized carbons (Fsp3) is 0.529. The third kappa shape index (κ3) is 5.80. The molecule has 3 aliphatic rings. The van der Waals surface area contributed by atoms with Gasteiger partial charge in [0.05, 0.1) is 46.9 Å². The lowest BCUT2D eigenvalue weighted by Crippen LogP contribution is -2.63. The van der Waals surface area contributed by atoms with Crippen LogP contribution in [0.2, 0.25) is 5.02 Å². The number of terminal acetylenes is 1. The quantitative estimate of drug-likeness (QED) is 0.278. The second kappa shape index (κ2) is 12.4. The Balaban J connectivity index is 1.38. The number of halogens is 1. The summed E-state index contributed by atoms with van der Waals surface area (Å²) in [4.78, 5) is 46.7. The number of rotatable bonds is 7. The Kier molecular flexibility index (Phi) is 8.30. The summed E-state index contributed by atoms with van der Waals surface area (Å²) in [5.41, 5.74) is 2.66. The molecular formula is C34H39ClN8O4. The van der Waals surface area contributed by atoms with E-state index in [-0.39, 0.29) is 17.8 Å². The van der Waals surface area contributed by atoms with Gasteiger partial charge in [0.15, 0.2) is 0 Å². The highest BCUT2D eigenvalue weighted by Gasteiger charge is 2.46. The molecule has 1 saturated carbocycles. The number of H-pyrrole nitrogens is 1. The highest BCUT2D eigenvalue weighted by molar-refractivity contribution is 6.30. The van der Waals surface area contributed by atoms with Crippen LogP contribution in [0.5, 0.6) is 0 Å². The van der Waals surface area contributed by atoms with Crippen LogP contribution in [-0.2, 0) is 16.1 Å². The molecule has 0 spiro atoms. The minimum absolute atomic E-state index is 0.0721. The van der Waals surface area contributed by atoms with Crippen LogP contribution in [0.25, 0.3) is 33.8 Å². The average Bonchev–Trinajstić information content (AvgIpc) is 3.66. The van der Waals surface area contributed by atoms with Gasteiger partial charge in [0.2, 0.25) is 17.7 Å². The van der Waals surface area contributed by atoms with Crippen molar-refractivity contribution in [1.82, 2.24) is 34.6 Å². The summed E-state index contributed by atoms with van der Waals surface area (Å²) in [5.74, 6) is 4.48. The number of fused-ring (bicyclic) bond motifs is 1. The normalized spacial score (nSPS) is 24.2. The number of aromatic amines is 1. The van der Waals surface area contributed by atoms with Gasteiger partial charge < -0.3 is 19.1 Å². The van der Waals surface area contributed by atoms with Gasteiger partial charge in [0, 0.05) is 37.1 Å². The van der Waals surface area contributed by atoms with Crippen LogP contribution in [0.15, 0.2) is 33.8 Å². The van der Waals surface area contributed by atoms with Crippen LogP contribution in [-0.4, -0.2) is 78.9 Å². The first-order chi connectivity index (χ1) is 22.7. The second-order valence-electron chi connectivity index (χ2n) is 13.6. The SMILES string of the molecule is C#CC1CN(C(=O)C2(C)COC2)CC(C)N1c1nc2cc(-c3noc(=O)[nH]3)nc(-c3cncc(Cl)c3)c2n1CC1CCC(CC)CC1. The number of hydrogen-bond acceptors (Lipinski definition) is 9. The molecule has 0 aromatic carbocycles. The van der Waals surface area contributed by atoms with E-state index >= 15 is 0 Å². The number of nitrogens with one attached hydrogen (secondary N) is 1. The van der Waals surface area contributed by atoms with E-state index in [0.29, 0.717) is 59.7 Å². The standard InChI is InChI=1S/C34H39ClN8O4/c1-5-21-7-9-22(10-8-21)16-42-29-26(12-27(30-39-33(45)47-40-30)37-28(29)23-11-24(35)14-36-13-23)38-32(42)43-20(3)15-41(17-25(43)6-2)31(44)34(4)18-46-19-34/h2,11-14,20-22,25H,5,7-10,15-19H2,1,3-4H3,(H,39,40,45). The van der Waals surface area contributed by atoms with E-state index in [1.54, 1.807) is 12.4 Å². The summed E-state index contributed by atoms with van der Waals surface area (Å²) in [5, 5.41) is 4.37. The first kappa shape index (κ1) is 31.4. The zero-order valence-corrected chi connectivity index (χ0v) is 27.7. The van der Waals surface area contributed by atoms with Crippen molar-refractivity contribution in [1.29, 1.82) is 0 Å². The number of carbonyl (C=O) groups excluding carboxylic acids is 1. The van der Waals surface area contributed by atoms with E-state index in [4.69, 9.17) is 37.3 Å². The molecule has 4 aromatic heterocycles. The lowest BCUT2D eigenvalue weighted by molar-refractivity contribution is -0.169. The maximum Gasteiger partial charge on any atom is 0.439 e. The van der Waals surface area contributed by atoms with Crippen molar-refractivity contribution in [2.24, 2.45) is 17.3 Å². The van der Waals surface area contributed by atoms with Crippen molar-refractivity contribution in [3.63, 3.8) is 0 Å². The summed E-state index contributed by atoms with van der Waals surface area (Å²) < 4.78 is 12.5. The zero-order chi connectivity index (χ0) is 32.9. The minimum Gasteiger partial charge on any atom is -0.379 e. The van der Waals surface area contributed by atoms with E-state index in [9.17, 15) is 9.59 Å². The number of ether oxygens (including phenoxy) is 1. The van der Waals surface area contributed by atoms with E-state index in [1.165, 1.54) is 19.3 Å². The van der Waals surface area contributed by atoms with Crippen LogP contribution in [0.4, 0.5) is 5.95 Å². The number of anilines is 1. The zero-order valence-electron chi connectivity index (χ0n) is 26.9. The molecule has 2 saturated heterocycles. The largest absolute Gasteiger partial charge is 0.439 e. The number of nitrogens with zero attached hydrogens (tertiary/aromatic N) is 7. The highest BCUT2D eigenvalue weighted by atomic mass is 35.5. The summed E-state index contributed by atoms with van der Waals surface area (Å²) in [7, 11) is 0. The van der Waals surface area contributed by atoms with Crippen LogP contribution in [0.1, 0.15) is 52.9 Å². The molecule has 12 nitrogen and oxygen atoms in total. The Bertz CT molecular complexity index is 1900. The Labute approximate surface area is 277 Å². The van der Waals surface area contributed by atoms with E-state index in [2.05, 4.69) is 44.4 Å². The van der Waals surface area contributed by atoms with Crippen LogP contribution >= 0.6 is 11.6 Å². The Morgan fingerprint density at radius 2 is 1.91 bits per heavy atom. The van der Waals surface area contributed by atoms with Gasteiger partial charge in [-0.05, 0) is 50.7 Å². The molecule has 0 bridgehead atoms. The molecule has 3 fully saturated rings. The van der Waals surface area contributed by atoms with Gasteiger partial charge in [-0.25, -0.2) is 14.8 Å². The third-order valence-electron chi connectivity index (χ3n) is 10.1. The lowest BCUT2D eigenvalue weighted by atomic mass is 9.81. The molecule has 7 rings (SSSR count). The topological polar surface area (TPSA) is 135 Å². The van der Waals surface area contributed by atoms with Gasteiger partial charge in [-0.1, -0.05) is 48.9 Å². The van der Waals surface area contributed by atoms with Crippen molar-refractivity contribution in [3.8, 4) is 35.1 Å². The van der Waals surface area contributed by atoms with E-state index in [1.807, 2.05) is 24.0 Å². The fourth-order valence-electron chi connectivity index (χ4n) is 7.43. The minimum atomic E-state index is -0.679. The average molecular weight is 659 g/mol. The molecule has 246 valence electrons.